The molecule has 11 aromatic rings. The van der Waals surface area contributed by atoms with Crippen LogP contribution in [0.3, 0.4) is 0 Å². The Hall–Kier alpha value is -7.59. The highest BCUT2D eigenvalue weighted by Gasteiger charge is 2.51. The molecular formula is C62H42N2S. The molecule has 0 fully saturated rings. The van der Waals surface area contributed by atoms with E-state index in [1.165, 1.54) is 98.0 Å². The molecule has 1 aromatic heterocycles. The molecule has 3 heteroatoms. The van der Waals surface area contributed by atoms with Gasteiger partial charge >= 0.3 is 0 Å². The Morgan fingerprint density at radius 3 is 1.74 bits per heavy atom. The average molecular weight is 847 g/mol. The highest BCUT2D eigenvalue weighted by Crippen LogP contribution is 2.64. The van der Waals surface area contributed by atoms with Crippen molar-refractivity contribution in [2.75, 3.05) is 4.90 Å². The maximum Gasteiger partial charge on any atom is 0.0736 e. The maximum absolute atomic E-state index is 2.54. The molecule has 0 N–H and O–H groups in total. The van der Waals surface area contributed by atoms with Crippen molar-refractivity contribution in [2.45, 2.75) is 34.5 Å². The molecule has 1 aliphatic heterocycles. The van der Waals surface area contributed by atoms with Crippen LogP contribution in [-0.2, 0) is 10.8 Å². The minimum absolute atomic E-state index is 0.154. The summed E-state index contributed by atoms with van der Waals surface area (Å²) in [6, 6.07) is 82.1. The molecule has 1 spiro atoms. The molecule has 0 saturated heterocycles. The number of fused-ring (bicyclic) bond motifs is 17. The zero-order chi connectivity index (χ0) is 43.0. The SMILES string of the molecule is CC1(C)c2ccccc2-c2ccc(N(c3ccc4c(c3)C3(c5ccccc5Sc5ccccc53)c3ccc5ccccc5c3-4)c3ccc4c(c3)c3ccccc3n4-c3ccccc3)cc21. The van der Waals surface area contributed by atoms with E-state index < -0.39 is 5.41 Å². The zero-order valence-corrected chi connectivity index (χ0v) is 36.9. The third-order valence-electron chi connectivity index (χ3n) is 14.8. The van der Waals surface area contributed by atoms with Crippen molar-refractivity contribution in [2.24, 2.45) is 0 Å². The van der Waals surface area contributed by atoms with E-state index in [9.17, 15) is 0 Å². The van der Waals surface area contributed by atoms with Crippen molar-refractivity contribution in [3.05, 3.63) is 252 Å². The lowest BCUT2D eigenvalue weighted by molar-refractivity contribution is 0.660. The molecule has 14 rings (SSSR count). The Balaban J connectivity index is 1.07. The van der Waals surface area contributed by atoms with E-state index >= 15 is 0 Å². The summed E-state index contributed by atoms with van der Waals surface area (Å²) in [5, 5.41) is 5.02. The molecule has 3 aliphatic rings. The number of hydrogen-bond acceptors (Lipinski definition) is 2. The standard InChI is InChI=1S/C62H42N2S/c1-61(2)50-22-10-8-20-45(50)46-32-29-42(37-54(46)61)63(41-31-35-57-49(36-41)47-21-9-13-25-56(47)64(57)40-17-4-3-5-18-40)43-30-33-48-55(38-43)62(53-34-28-39-16-6-7-19-44(39)60(48)53)51-23-11-14-26-58(51)65-59-27-15-12-24-52(59)62/h3-38H,1-2H3. The van der Waals surface area contributed by atoms with Gasteiger partial charge in [-0.2, -0.15) is 0 Å². The molecule has 2 heterocycles. The summed E-state index contributed by atoms with van der Waals surface area (Å²) in [6.07, 6.45) is 0. The van der Waals surface area contributed by atoms with Crippen LogP contribution in [0.25, 0.3) is 60.5 Å². The summed E-state index contributed by atoms with van der Waals surface area (Å²) in [4.78, 5) is 5.14. The predicted molar refractivity (Wildman–Crippen MR) is 272 cm³/mol. The molecule has 2 aliphatic carbocycles. The zero-order valence-electron chi connectivity index (χ0n) is 36.1. The molecule has 0 saturated carbocycles. The second-order valence-electron chi connectivity index (χ2n) is 18.4. The van der Waals surface area contributed by atoms with Gasteiger partial charge in [0.15, 0.2) is 0 Å². The second-order valence-corrected chi connectivity index (χ2v) is 19.5. The molecule has 0 unspecified atom stereocenters. The highest BCUT2D eigenvalue weighted by molar-refractivity contribution is 7.99. The van der Waals surface area contributed by atoms with Crippen LogP contribution in [0.2, 0.25) is 0 Å². The molecule has 0 radical (unpaired) electrons. The fraction of sp³-hybridized carbons (Fsp3) is 0.0645. The van der Waals surface area contributed by atoms with Crippen molar-refractivity contribution < 1.29 is 0 Å². The van der Waals surface area contributed by atoms with Gasteiger partial charge in [0.1, 0.15) is 0 Å². The Morgan fingerprint density at radius 2 is 0.954 bits per heavy atom. The summed E-state index contributed by atoms with van der Waals surface area (Å²) in [5.41, 5.74) is 19.6. The lowest BCUT2D eigenvalue weighted by Crippen LogP contribution is -2.32. The third kappa shape index (κ3) is 4.96. The predicted octanol–water partition coefficient (Wildman–Crippen LogP) is 16.5. The number of anilines is 3. The first-order valence-electron chi connectivity index (χ1n) is 22.7. The van der Waals surface area contributed by atoms with Crippen LogP contribution in [0.1, 0.15) is 47.2 Å². The molecule has 10 aromatic carbocycles. The lowest BCUT2D eigenvalue weighted by Gasteiger charge is -2.40. The topological polar surface area (TPSA) is 8.17 Å². The quantitative estimate of drug-likeness (QED) is 0.174. The Kier molecular flexibility index (Phi) is 7.63. The van der Waals surface area contributed by atoms with Crippen LogP contribution in [0.5, 0.6) is 0 Å². The van der Waals surface area contributed by atoms with Crippen molar-refractivity contribution in [1.82, 2.24) is 4.57 Å². The summed E-state index contributed by atoms with van der Waals surface area (Å²) in [5.74, 6) is 0. The molecule has 65 heavy (non-hydrogen) atoms. The van der Waals surface area contributed by atoms with Crippen molar-refractivity contribution in [3.63, 3.8) is 0 Å². The molecular weight excluding hydrogens is 805 g/mol. The smallest absolute Gasteiger partial charge is 0.0736 e. The van der Waals surface area contributed by atoms with Gasteiger partial charge in [0, 0.05) is 48.7 Å². The van der Waals surface area contributed by atoms with E-state index in [-0.39, 0.29) is 5.41 Å². The number of para-hydroxylation sites is 2. The monoisotopic (exact) mass is 846 g/mol. The van der Waals surface area contributed by atoms with Gasteiger partial charge in [0.05, 0.1) is 16.4 Å². The largest absolute Gasteiger partial charge is 0.310 e. The molecule has 306 valence electrons. The van der Waals surface area contributed by atoms with Gasteiger partial charge in [-0.05, 0) is 139 Å². The van der Waals surface area contributed by atoms with Crippen LogP contribution in [0, 0.1) is 0 Å². The van der Waals surface area contributed by atoms with Crippen molar-refractivity contribution in [3.8, 4) is 27.9 Å². The molecule has 0 atom stereocenters. The second kappa shape index (κ2) is 13.5. The maximum atomic E-state index is 2.54. The number of hydrogen-bond donors (Lipinski definition) is 0. The summed E-state index contributed by atoms with van der Waals surface area (Å²) in [7, 11) is 0. The van der Waals surface area contributed by atoms with Gasteiger partial charge in [-0.15, -0.1) is 0 Å². The van der Waals surface area contributed by atoms with Gasteiger partial charge in [-0.25, -0.2) is 0 Å². The molecule has 0 amide bonds. The van der Waals surface area contributed by atoms with Crippen LogP contribution >= 0.6 is 11.8 Å². The Bertz CT molecular complexity index is 3750. The number of benzene rings is 10. The minimum atomic E-state index is -0.524. The Labute approximate surface area is 383 Å². The first-order valence-corrected chi connectivity index (χ1v) is 23.5. The third-order valence-corrected chi connectivity index (χ3v) is 16.0. The molecule has 2 nitrogen and oxygen atoms in total. The van der Waals surface area contributed by atoms with E-state index in [4.69, 9.17) is 0 Å². The highest BCUT2D eigenvalue weighted by atomic mass is 32.2. The summed E-state index contributed by atoms with van der Waals surface area (Å²) in [6.45, 7) is 4.76. The molecule has 0 bridgehead atoms. The summed E-state index contributed by atoms with van der Waals surface area (Å²) < 4.78 is 2.41. The Morgan fingerprint density at radius 1 is 0.385 bits per heavy atom. The minimum Gasteiger partial charge on any atom is -0.310 e. The fourth-order valence-corrected chi connectivity index (χ4v) is 13.2. The van der Waals surface area contributed by atoms with Crippen LogP contribution in [-0.4, -0.2) is 4.57 Å². The number of nitrogens with zero attached hydrogens (tertiary/aromatic N) is 2. The van der Waals surface area contributed by atoms with Gasteiger partial charge < -0.3 is 9.47 Å². The van der Waals surface area contributed by atoms with Gasteiger partial charge in [0.25, 0.3) is 0 Å². The first kappa shape index (κ1) is 36.8. The van der Waals surface area contributed by atoms with Crippen LogP contribution in [0.4, 0.5) is 17.1 Å². The van der Waals surface area contributed by atoms with Crippen molar-refractivity contribution in [1.29, 1.82) is 0 Å². The normalized spacial score (nSPS) is 14.5. The van der Waals surface area contributed by atoms with Crippen molar-refractivity contribution >= 4 is 61.4 Å². The van der Waals surface area contributed by atoms with Crippen LogP contribution < -0.4 is 4.90 Å². The average Bonchev–Trinajstić information content (AvgIpc) is 3.93. The van der Waals surface area contributed by atoms with E-state index in [0.29, 0.717) is 0 Å². The van der Waals surface area contributed by atoms with Gasteiger partial charge in [0.2, 0.25) is 0 Å². The van der Waals surface area contributed by atoms with E-state index in [1.807, 2.05) is 11.8 Å². The van der Waals surface area contributed by atoms with Gasteiger partial charge in [-0.3, -0.25) is 0 Å². The van der Waals surface area contributed by atoms with E-state index in [1.54, 1.807) is 0 Å². The van der Waals surface area contributed by atoms with Crippen LogP contribution in [0.15, 0.2) is 228 Å². The first-order chi connectivity index (χ1) is 32.0. The number of rotatable bonds is 4. The fourth-order valence-electron chi connectivity index (χ4n) is 12.0. The lowest BCUT2D eigenvalue weighted by atomic mass is 9.67. The van der Waals surface area contributed by atoms with E-state index in [0.717, 1.165) is 22.7 Å². The van der Waals surface area contributed by atoms with Gasteiger partial charge in [-0.1, -0.05) is 171 Å². The summed E-state index contributed by atoms with van der Waals surface area (Å²) >= 11 is 1.90. The number of aromatic nitrogens is 1. The van der Waals surface area contributed by atoms with E-state index in [2.05, 4.69) is 242 Å².